The topological polar surface area (TPSA) is 17.1 Å². The Morgan fingerprint density at radius 1 is 1.00 bits per heavy atom. The highest BCUT2D eigenvalue weighted by Gasteiger charge is 2.06. The average molecular weight is 272 g/mol. The molecule has 0 bridgehead atoms. The first-order valence-electron chi connectivity index (χ1n) is 7.75. The predicted octanol–water partition coefficient (Wildman–Crippen LogP) is 5.47. The van der Waals surface area contributed by atoms with Gasteiger partial charge < -0.3 is 4.79 Å². The highest BCUT2D eigenvalue weighted by Crippen LogP contribution is 2.20. The largest absolute Gasteiger partial charge is 0.303 e. The zero-order valence-electron chi connectivity index (χ0n) is 12.6. The Kier molecular flexibility index (Phi) is 13.5. The lowest BCUT2D eigenvalue weighted by Crippen LogP contribution is -2.04. The van der Waals surface area contributed by atoms with Crippen molar-refractivity contribution in [1.82, 2.24) is 0 Å². The SMILES string of the molecule is CCCCCCCCCC(C)CSC(C)CC=O. The normalized spacial score (nSPS) is 14.4. The van der Waals surface area contributed by atoms with E-state index >= 15 is 0 Å². The van der Waals surface area contributed by atoms with E-state index in [1.807, 2.05) is 11.8 Å². The van der Waals surface area contributed by atoms with Crippen LogP contribution in [-0.2, 0) is 4.79 Å². The molecular formula is C16H32OS. The molecule has 0 heterocycles. The molecule has 0 aromatic rings. The van der Waals surface area contributed by atoms with Crippen LogP contribution in [0.5, 0.6) is 0 Å². The Morgan fingerprint density at radius 2 is 1.61 bits per heavy atom. The van der Waals surface area contributed by atoms with E-state index in [1.165, 1.54) is 57.1 Å². The summed E-state index contributed by atoms with van der Waals surface area (Å²) in [5.74, 6) is 2.02. The van der Waals surface area contributed by atoms with E-state index in [4.69, 9.17) is 0 Å². The molecule has 108 valence electrons. The van der Waals surface area contributed by atoms with Crippen molar-refractivity contribution in [3.05, 3.63) is 0 Å². The van der Waals surface area contributed by atoms with Crippen LogP contribution in [0.15, 0.2) is 0 Å². The van der Waals surface area contributed by atoms with Crippen molar-refractivity contribution in [2.75, 3.05) is 5.75 Å². The van der Waals surface area contributed by atoms with Crippen LogP contribution in [0.25, 0.3) is 0 Å². The van der Waals surface area contributed by atoms with Gasteiger partial charge in [0.15, 0.2) is 0 Å². The van der Waals surface area contributed by atoms with Crippen molar-refractivity contribution in [1.29, 1.82) is 0 Å². The zero-order chi connectivity index (χ0) is 13.6. The van der Waals surface area contributed by atoms with Crippen LogP contribution >= 0.6 is 11.8 Å². The molecule has 0 aromatic heterocycles. The maximum atomic E-state index is 10.4. The number of aldehydes is 1. The summed E-state index contributed by atoms with van der Waals surface area (Å²) in [5.41, 5.74) is 0. The minimum atomic E-state index is 0.499. The van der Waals surface area contributed by atoms with Gasteiger partial charge >= 0.3 is 0 Å². The summed E-state index contributed by atoms with van der Waals surface area (Å²) in [4.78, 5) is 10.4. The third-order valence-corrected chi connectivity index (χ3v) is 4.92. The predicted molar refractivity (Wildman–Crippen MR) is 84.4 cm³/mol. The minimum Gasteiger partial charge on any atom is -0.303 e. The van der Waals surface area contributed by atoms with Gasteiger partial charge in [0, 0.05) is 11.7 Å². The number of hydrogen-bond donors (Lipinski definition) is 0. The number of thioether (sulfide) groups is 1. The van der Waals surface area contributed by atoms with Crippen molar-refractivity contribution in [3.8, 4) is 0 Å². The molecule has 0 amide bonds. The van der Waals surface area contributed by atoms with Crippen molar-refractivity contribution >= 4 is 18.0 Å². The second-order valence-corrected chi connectivity index (χ2v) is 7.03. The first-order chi connectivity index (χ1) is 8.70. The number of carbonyl (C=O) groups excluding carboxylic acids is 1. The number of rotatable bonds is 13. The molecule has 0 radical (unpaired) electrons. The van der Waals surface area contributed by atoms with Gasteiger partial charge in [-0.25, -0.2) is 0 Å². The second kappa shape index (κ2) is 13.5. The Balaban J connectivity index is 3.26. The van der Waals surface area contributed by atoms with Gasteiger partial charge in [0.1, 0.15) is 6.29 Å². The van der Waals surface area contributed by atoms with Gasteiger partial charge in [-0.15, -0.1) is 0 Å². The molecule has 18 heavy (non-hydrogen) atoms. The van der Waals surface area contributed by atoms with E-state index in [2.05, 4.69) is 20.8 Å². The van der Waals surface area contributed by atoms with Crippen LogP contribution in [0.3, 0.4) is 0 Å². The molecule has 0 aliphatic heterocycles. The first kappa shape index (κ1) is 18.0. The lowest BCUT2D eigenvalue weighted by Gasteiger charge is -2.13. The Labute approximate surface area is 118 Å². The summed E-state index contributed by atoms with van der Waals surface area (Å²) in [7, 11) is 0. The van der Waals surface area contributed by atoms with Crippen LogP contribution in [0.4, 0.5) is 0 Å². The van der Waals surface area contributed by atoms with Gasteiger partial charge in [0.25, 0.3) is 0 Å². The van der Waals surface area contributed by atoms with Gasteiger partial charge in [-0.3, -0.25) is 0 Å². The number of hydrogen-bond acceptors (Lipinski definition) is 2. The fraction of sp³-hybridized carbons (Fsp3) is 0.938. The number of carbonyl (C=O) groups is 1. The lowest BCUT2D eigenvalue weighted by molar-refractivity contribution is -0.107. The third kappa shape index (κ3) is 12.5. The van der Waals surface area contributed by atoms with E-state index in [9.17, 15) is 4.79 Å². The summed E-state index contributed by atoms with van der Waals surface area (Å²) in [6, 6.07) is 0. The van der Waals surface area contributed by atoms with Crippen LogP contribution in [0.2, 0.25) is 0 Å². The summed E-state index contributed by atoms with van der Waals surface area (Å²) in [6.45, 7) is 6.77. The molecule has 1 nitrogen and oxygen atoms in total. The van der Waals surface area contributed by atoms with Crippen molar-refractivity contribution in [3.63, 3.8) is 0 Å². The second-order valence-electron chi connectivity index (χ2n) is 5.56. The molecular weight excluding hydrogens is 240 g/mol. The molecule has 0 aliphatic carbocycles. The fourth-order valence-corrected chi connectivity index (χ4v) is 3.10. The summed E-state index contributed by atoms with van der Waals surface area (Å²) in [5, 5.41) is 0.499. The number of unbranched alkanes of at least 4 members (excludes halogenated alkanes) is 6. The fourth-order valence-electron chi connectivity index (χ4n) is 2.07. The summed E-state index contributed by atoms with van der Waals surface area (Å²) < 4.78 is 0. The first-order valence-corrected chi connectivity index (χ1v) is 8.80. The van der Waals surface area contributed by atoms with E-state index in [1.54, 1.807) is 0 Å². The minimum absolute atomic E-state index is 0.499. The Bertz CT molecular complexity index is 182. The van der Waals surface area contributed by atoms with Gasteiger partial charge in [0.2, 0.25) is 0 Å². The molecule has 2 atom stereocenters. The van der Waals surface area contributed by atoms with Crippen LogP contribution in [0, 0.1) is 5.92 Å². The van der Waals surface area contributed by atoms with Crippen LogP contribution < -0.4 is 0 Å². The van der Waals surface area contributed by atoms with Crippen molar-refractivity contribution < 1.29 is 4.79 Å². The zero-order valence-corrected chi connectivity index (χ0v) is 13.4. The van der Waals surface area contributed by atoms with E-state index < -0.39 is 0 Å². The van der Waals surface area contributed by atoms with Crippen molar-refractivity contribution in [2.45, 2.75) is 83.8 Å². The molecule has 0 rings (SSSR count). The molecule has 0 aliphatic rings. The van der Waals surface area contributed by atoms with Crippen LogP contribution in [0.1, 0.15) is 78.6 Å². The molecule has 0 fully saturated rings. The maximum absolute atomic E-state index is 10.4. The third-order valence-electron chi connectivity index (χ3n) is 3.39. The van der Waals surface area contributed by atoms with Gasteiger partial charge in [-0.1, -0.05) is 65.7 Å². The monoisotopic (exact) mass is 272 g/mol. The molecule has 2 heteroatoms. The summed E-state index contributed by atoms with van der Waals surface area (Å²) >= 11 is 1.95. The smallest absolute Gasteiger partial charge is 0.121 e. The van der Waals surface area contributed by atoms with E-state index in [0.29, 0.717) is 11.7 Å². The maximum Gasteiger partial charge on any atom is 0.121 e. The van der Waals surface area contributed by atoms with E-state index in [0.717, 1.165) is 12.2 Å². The molecule has 0 N–H and O–H groups in total. The Morgan fingerprint density at radius 3 is 2.22 bits per heavy atom. The molecule has 0 spiro atoms. The standard InChI is InChI=1S/C16H32OS/c1-4-5-6-7-8-9-10-11-15(2)14-18-16(3)12-13-17/h13,15-16H,4-12,14H2,1-3H3. The molecule has 0 aromatic carbocycles. The van der Waals surface area contributed by atoms with E-state index in [-0.39, 0.29) is 0 Å². The van der Waals surface area contributed by atoms with Gasteiger partial charge in [-0.05, 0) is 18.1 Å². The average Bonchev–Trinajstić information content (AvgIpc) is 2.35. The quantitative estimate of drug-likeness (QED) is 0.326. The summed E-state index contributed by atoms with van der Waals surface area (Å²) in [6.07, 6.45) is 12.9. The molecule has 0 saturated carbocycles. The molecule has 2 unspecified atom stereocenters. The molecule has 0 saturated heterocycles. The Hall–Kier alpha value is 0.0200. The highest BCUT2D eigenvalue weighted by atomic mass is 32.2. The lowest BCUT2D eigenvalue weighted by atomic mass is 10.0. The van der Waals surface area contributed by atoms with Gasteiger partial charge in [-0.2, -0.15) is 11.8 Å². The van der Waals surface area contributed by atoms with Crippen molar-refractivity contribution in [2.24, 2.45) is 5.92 Å². The highest BCUT2D eigenvalue weighted by molar-refractivity contribution is 7.99. The van der Waals surface area contributed by atoms with Crippen LogP contribution in [-0.4, -0.2) is 17.3 Å². The van der Waals surface area contributed by atoms with Gasteiger partial charge in [0.05, 0.1) is 0 Å².